The first-order valence-electron chi connectivity index (χ1n) is 4.55. The molecule has 1 N–H and O–H groups in total. The third-order valence-corrected chi connectivity index (χ3v) is 2.14. The summed E-state index contributed by atoms with van der Waals surface area (Å²) in [5.41, 5.74) is -0.176. The lowest BCUT2D eigenvalue weighted by Gasteiger charge is -1.99. The first-order chi connectivity index (χ1) is 7.77. The molecule has 82 valence electrons. The van der Waals surface area contributed by atoms with Gasteiger partial charge in [0.25, 0.3) is 0 Å². The number of para-hydroxylation sites is 1. The maximum atomic E-state index is 11.7. The number of rotatable bonds is 3. The molecule has 0 amide bonds. The molecule has 1 aromatic carbocycles. The molecular formula is C10H9N3O3. The molecule has 0 fully saturated rings. The minimum atomic E-state index is -0.530. The van der Waals surface area contributed by atoms with Crippen LogP contribution in [0.25, 0.3) is 5.69 Å². The molecule has 0 aliphatic carbocycles. The summed E-state index contributed by atoms with van der Waals surface area (Å²) in [6.07, 6.45) is 0. The van der Waals surface area contributed by atoms with Crippen LogP contribution < -0.4 is 10.3 Å². The van der Waals surface area contributed by atoms with Crippen molar-refractivity contribution in [1.29, 1.82) is 0 Å². The van der Waals surface area contributed by atoms with Crippen LogP contribution in [0.2, 0.25) is 0 Å². The van der Waals surface area contributed by atoms with E-state index >= 15 is 0 Å². The summed E-state index contributed by atoms with van der Waals surface area (Å²) in [5.74, 6) is 0.0591. The van der Waals surface area contributed by atoms with E-state index in [-0.39, 0.29) is 11.6 Å². The van der Waals surface area contributed by atoms with E-state index in [1.54, 1.807) is 24.3 Å². The summed E-state index contributed by atoms with van der Waals surface area (Å²) in [6.45, 7) is 0. The van der Waals surface area contributed by atoms with Crippen LogP contribution in [-0.2, 0) is 0 Å². The molecule has 0 bridgehead atoms. The monoisotopic (exact) mass is 219 g/mol. The highest BCUT2D eigenvalue weighted by Crippen LogP contribution is 2.20. The number of aromatic amines is 1. The number of methoxy groups -OCH3 is 1. The molecule has 0 saturated heterocycles. The summed E-state index contributed by atoms with van der Waals surface area (Å²) in [7, 11) is 1.36. The summed E-state index contributed by atoms with van der Waals surface area (Å²) in [5, 5.41) is 5.30. The second-order valence-electron chi connectivity index (χ2n) is 3.06. The number of H-pyrrole nitrogens is 1. The molecule has 6 heteroatoms. The number of hydrogen-bond donors (Lipinski definition) is 1. The van der Waals surface area contributed by atoms with Crippen molar-refractivity contribution in [2.24, 2.45) is 5.18 Å². The van der Waals surface area contributed by atoms with Gasteiger partial charge in [0.1, 0.15) is 0 Å². The highest BCUT2D eigenvalue weighted by molar-refractivity contribution is 5.47. The number of aromatic nitrogens is 2. The van der Waals surface area contributed by atoms with Crippen LogP contribution in [0.3, 0.4) is 0 Å². The third-order valence-electron chi connectivity index (χ3n) is 2.14. The van der Waals surface area contributed by atoms with Crippen molar-refractivity contribution in [1.82, 2.24) is 9.78 Å². The van der Waals surface area contributed by atoms with Crippen molar-refractivity contribution < 1.29 is 4.74 Å². The molecule has 0 aliphatic rings. The molecule has 1 heterocycles. The van der Waals surface area contributed by atoms with Gasteiger partial charge in [0.2, 0.25) is 11.6 Å². The van der Waals surface area contributed by atoms with E-state index in [9.17, 15) is 9.70 Å². The van der Waals surface area contributed by atoms with Crippen molar-refractivity contribution in [2.75, 3.05) is 7.11 Å². The van der Waals surface area contributed by atoms with Gasteiger partial charge in [-0.2, -0.15) is 0 Å². The SMILES string of the molecule is COc1[nH]n(-c2ccccc2)c(=O)c1N=O. The fourth-order valence-corrected chi connectivity index (χ4v) is 1.39. The molecule has 0 atom stereocenters. The van der Waals surface area contributed by atoms with Crippen LogP contribution in [0.4, 0.5) is 5.69 Å². The Labute approximate surface area is 90.4 Å². The minimum Gasteiger partial charge on any atom is -0.480 e. The number of nitroso groups, excluding NO2 is 1. The van der Waals surface area contributed by atoms with Crippen LogP contribution in [0.5, 0.6) is 5.88 Å². The fraction of sp³-hybridized carbons (Fsp3) is 0.100. The molecular weight excluding hydrogens is 210 g/mol. The average molecular weight is 219 g/mol. The van der Waals surface area contributed by atoms with Crippen molar-refractivity contribution in [3.63, 3.8) is 0 Å². The van der Waals surface area contributed by atoms with E-state index in [4.69, 9.17) is 4.74 Å². The Hall–Kier alpha value is -2.37. The standard InChI is InChI=1S/C10H9N3O3/c1-16-9-8(12-15)10(14)13(11-9)7-5-3-2-4-6-7/h2-6,11H,1H3. The summed E-state index contributed by atoms with van der Waals surface area (Å²) in [6, 6.07) is 8.84. The molecule has 16 heavy (non-hydrogen) atoms. The van der Waals surface area contributed by atoms with Gasteiger partial charge in [-0.05, 0) is 17.3 Å². The number of nitrogens with one attached hydrogen (secondary N) is 1. The van der Waals surface area contributed by atoms with Gasteiger partial charge >= 0.3 is 5.56 Å². The number of nitrogens with zero attached hydrogens (tertiary/aromatic N) is 2. The molecule has 2 aromatic rings. The molecule has 0 aliphatic heterocycles. The van der Waals surface area contributed by atoms with E-state index < -0.39 is 5.56 Å². The third kappa shape index (κ3) is 1.50. The largest absolute Gasteiger partial charge is 0.480 e. The smallest absolute Gasteiger partial charge is 0.304 e. The van der Waals surface area contributed by atoms with Crippen molar-refractivity contribution in [3.8, 4) is 11.6 Å². The average Bonchev–Trinajstić information content (AvgIpc) is 2.66. The van der Waals surface area contributed by atoms with Crippen molar-refractivity contribution in [2.45, 2.75) is 0 Å². The van der Waals surface area contributed by atoms with Crippen molar-refractivity contribution in [3.05, 3.63) is 45.6 Å². The molecule has 2 rings (SSSR count). The Bertz CT molecular complexity index is 556. The van der Waals surface area contributed by atoms with Crippen LogP contribution in [0, 0.1) is 4.91 Å². The minimum absolute atomic E-state index is 0.0591. The van der Waals surface area contributed by atoms with Crippen LogP contribution in [-0.4, -0.2) is 16.9 Å². The van der Waals surface area contributed by atoms with E-state index in [0.29, 0.717) is 5.69 Å². The normalized spacial score (nSPS) is 10.1. The molecule has 0 saturated carbocycles. The Balaban J connectivity index is 2.64. The number of benzene rings is 1. The quantitative estimate of drug-likeness (QED) is 0.796. The molecule has 1 aromatic heterocycles. The van der Waals surface area contributed by atoms with E-state index in [0.717, 1.165) is 0 Å². The van der Waals surface area contributed by atoms with Gasteiger partial charge in [-0.25, -0.2) is 4.68 Å². The Morgan fingerprint density at radius 2 is 2.00 bits per heavy atom. The Morgan fingerprint density at radius 1 is 1.31 bits per heavy atom. The predicted octanol–water partition coefficient (Wildman–Crippen LogP) is 1.57. The first-order valence-corrected chi connectivity index (χ1v) is 4.55. The highest BCUT2D eigenvalue weighted by Gasteiger charge is 2.16. The summed E-state index contributed by atoms with van der Waals surface area (Å²) in [4.78, 5) is 22.2. The Morgan fingerprint density at radius 3 is 2.50 bits per heavy atom. The summed E-state index contributed by atoms with van der Waals surface area (Å²) >= 11 is 0. The number of ether oxygens (including phenoxy) is 1. The van der Waals surface area contributed by atoms with Gasteiger partial charge in [0.15, 0.2) is 0 Å². The maximum absolute atomic E-state index is 11.7. The second kappa shape index (κ2) is 4.01. The zero-order chi connectivity index (χ0) is 11.5. The topological polar surface area (TPSA) is 76.4 Å². The number of hydrogen-bond acceptors (Lipinski definition) is 4. The molecule has 0 unspecified atom stereocenters. The highest BCUT2D eigenvalue weighted by atomic mass is 16.5. The summed E-state index contributed by atoms with van der Waals surface area (Å²) < 4.78 is 6.05. The zero-order valence-electron chi connectivity index (χ0n) is 8.51. The fourth-order valence-electron chi connectivity index (χ4n) is 1.39. The zero-order valence-corrected chi connectivity index (χ0v) is 8.51. The van der Waals surface area contributed by atoms with Gasteiger partial charge < -0.3 is 4.74 Å². The molecule has 6 nitrogen and oxygen atoms in total. The van der Waals surface area contributed by atoms with Gasteiger partial charge in [-0.1, -0.05) is 18.2 Å². The van der Waals surface area contributed by atoms with E-state index in [1.807, 2.05) is 6.07 Å². The van der Waals surface area contributed by atoms with Gasteiger partial charge in [-0.3, -0.25) is 9.89 Å². The van der Waals surface area contributed by atoms with Crippen LogP contribution in [0.15, 0.2) is 40.3 Å². The molecule has 0 radical (unpaired) electrons. The lowest BCUT2D eigenvalue weighted by molar-refractivity contribution is 0.395. The van der Waals surface area contributed by atoms with Crippen LogP contribution in [0.1, 0.15) is 0 Å². The van der Waals surface area contributed by atoms with Gasteiger partial charge in [-0.15, -0.1) is 4.91 Å². The van der Waals surface area contributed by atoms with Gasteiger partial charge in [0, 0.05) is 0 Å². The van der Waals surface area contributed by atoms with Crippen LogP contribution >= 0.6 is 0 Å². The maximum Gasteiger partial charge on any atom is 0.304 e. The Kier molecular flexibility index (Phi) is 2.55. The lowest BCUT2D eigenvalue weighted by Crippen LogP contribution is -2.13. The first kappa shape index (κ1) is 10.2. The molecule has 0 spiro atoms. The van der Waals surface area contributed by atoms with E-state index in [2.05, 4.69) is 10.3 Å². The predicted molar refractivity (Wildman–Crippen MR) is 58.4 cm³/mol. The van der Waals surface area contributed by atoms with Gasteiger partial charge in [0.05, 0.1) is 12.8 Å². The van der Waals surface area contributed by atoms with E-state index in [1.165, 1.54) is 11.8 Å². The second-order valence-corrected chi connectivity index (χ2v) is 3.06. The lowest BCUT2D eigenvalue weighted by atomic mass is 10.3. The van der Waals surface area contributed by atoms with Crippen molar-refractivity contribution >= 4 is 5.69 Å².